The minimum atomic E-state index is 0.0352. The molecule has 0 atom stereocenters. The highest BCUT2D eigenvalue weighted by atomic mass is 16.5. The van der Waals surface area contributed by atoms with Crippen LogP contribution in [0.1, 0.15) is 57.2 Å². The maximum atomic E-state index is 13.5. The minimum absolute atomic E-state index is 0.0352. The summed E-state index contributed by atoms with van der Waals surface area (Å²) in [6, 6.07) is 8.41. The first-order valence-electron chi connectivity index (χ1n) is 12.9. The van der Waals surface area contributed by atoms with E-state index in [2.05, 4.69) is 53.3 Å². The molecular weight excluding hydrogens is 440 g/mol. The van der Waals surface area contributed by atoms with Gasteiger partial charge in [-0.1, -0.05) is 19.9 Å². The molecule has 0 unspecified atom stereocenters. The molecule has 7 heteroatoms. The van der Waals surface area contributed by atoms with Gasteiger partial charge in [0.15, 0.2) is 0 Å². The molecule has 3 aromatic rings. The van der Waals surface area contributed by atoms with Gasteiger partial charge in [0.1, 0.15) is 5.69 Å². The molecule has 7 nitrogen and oxygen atoms in total. The number of H-pyrrole nitrogens is 2. The number of ether oxygens (including phenoxy) is 2. The van der Waals surface area contributed by atoms with Crippen molar-refractivity contribution in [3.8, 4) is 11.4 Å². The first-order valence-corrected chi connectivity index (χ1v) is 12.9. The van der Waals surface area contributed by atoms with Crippen LogP contribution >= 0.6 is 0 Å². The van der Waals surface area contributed by atoms with E-state index in [1.165, 1.54) is 17.7 Å². The average molecular weight is 479 g/mol. The molecule has 2 aromatic heterocycles. The van der Waals surface area contributed by atoms with E-state index in [9.17, 15) is 4.79 Å². The quantitative estimate of drug-likeness (QED) is 0.485. The van der Waals surface area contributed by atoms with Gasteiger partial charge in [-0.3, -0.25) is 9.89 Å². The van der Waals surface area contributed by atoms with Gasteiger partial charge in [0.05, 0.1) is 18.4 Å². The standard InChI is InChI=1S/C28H38N4O3/c1-28(2)12-11-22-25(17-28)30-31-26(22)24-15-19-5-8-20(16-23(19)29-24)32(13-14-34-3)27(33)18-6-9-21(35-4)10-7-18/h5,8,15-16,18,21,29H,6-7,9-14,17H2,1-4H3,(H,30,31). The van der Waals surface area contributed by atoms with E-state index in [0.29, 0.717) is 18.6 Å². The number of benzene rings is 1. The Hall–Kier alpha value is -2.64. The fourth-order valence-corrected chi connectivity index (χ4v) is 5.80. The van der Waals surface area contributed by atoms with E-state index in [0.717, 1.165) is 66.5 Å². The van der Waals surface area contributed by atoms with Crippen molar-refractivity contribution in [2.75, 3.05) is 32.3 Å². The van der Waals surface area contributed by atoms with Crippen molar-refractivity contribution in [1.82, 2.24) is 15.2 Å². The molecule has 2 heterocycles. The Morgan fingerprint density at radius 3 is 2.71 bits per heavy atom. The number of methoxy groups -OCH3 is 2. The Labute approximate surface area is 207 Å². The van der Waals surface area contributed by atoms with Gasteiger partial charge in [-0.15, -0.1) is 0 Å². The van der Waals surface area contributed by atoms with Crippen molar-refractivity contribution in [2.45, 2.75) is 64.9 Å². The third-order valence-corrected chi connectivity index (χ3v) is 7.97. The highest BCUT2D eigenvalue weighted by molar-refractivity contribution is 5.98. The normalized spacial score (nSPS) is 21.7. The molecule has 0 aliphatic heterocycles. The molecule has 35 heavy (non-hydrogen) atoms. The lowest BCUT2D eigenvalue weighted by Gasteiger charge is -2.31. The molecule has 1 fully saturated rings. The van der Waals surface area contributed by atoms with Gasteiger partial charge in [-0.25, -0.2) is 0 Å². The number of hydrogen-bond acceptors (Lipinski definition) is 4. The SMILES string of the molecule is COCCN(C(=O)C1CCC(OC)CC1)c1ccc2cc(-c3n[nH]c4c3CCC(C)(C)C4)[nH]c2c1. The number of amides is 1. The average Bonchev–Trinajstić information content (AvgIpc) is 3.46. The summed E-state index contributed by atoms with van der Waals surface area (Å²) in [6.07, 6.45) is 7.14. The molecule has 2 aliphatic carbocycles. The number of aromatic nitrogens is 3. The first kappa shape index (κ1) is 24.1. The second-order valence-electron chi connectivity index (χ2n) is 11.0. The first-order chi connectivity index (χ1) is 16.9. The minimum Gasteiger partial charge on any atom is -0.383 e. The predicted molar refractivity (Wildman–Crippen MR) is 139 cm³/mol. The Morgan fingerprint density at radius 1 is 1.17 bits per heavy atom. The third-order valence-electron chi connectivity index (χ3n) is 7.97. The summed E-state index contributed by atoms with van der Waals surface area (Å²) in [5, 5.41) is 9.09. The molecule has 0 saturated heterocycles. The molecule has 1 aromatic carbocycles. The molecule has 5 rings (SSSR count). The monoisotopic (exact) mass is 478 g/mol. The lowest BCUT2D eigenvalue weighted by molar-refractivity contribution is -0.124. The summed E-state index contributed by atoms with van der Waals surface area (Å²) in [5.74, 6) is 0.222. The highest BCUT2D eigenvalue weighted by Gasteiger charge is 2.31. The molecule has 0 bridgehead atoms. The zero-order valence-corrected chi connectivity index (χ0v) is 21.4. The van der Waals surface area contributed by atoms with Gasteiger partial charge in [0, 0.05) is 54.5 Å². The smallest absolute Gasteiger partial charge is 0.230 e. The summed E-state index contributed by atoms with van der Waals surface area (Å²) in [5.41, 5.74) is 6.89. The lowest BCUT2D eigenvalue weighted by atomic mass is 9.76. The van der Waals surface area contributed by atoms with E-state index in [4.69, 9.17) is 9.47 Å². The molecule has 188 valence electrons. The second kappa shape index (κ2) is 9.78. The van der Waals surface area contributed by atoms with Crippen LogP contribution in [-0.4, -0.2) is 54.6 Å². The number of aromatic amines is 2. The molecular formula is C28H38N4O3. The van der Waals surface area contributed by atoms with Crippen LogP contribution in [0.25, 0.3) is 22.3 Å². The molecule has 0 spiro atoms. The van der Waals surface area contributed by atoms with Crippen LogP contribution in [0.5, 0.6) is 0 Å². The number of fused-ring (bicyclic) bond motifs is 2. The van der Waals surface area contributed by atoms with Crippen LogP contribution in [-0.2, 0) is 27.1 Å². The van der Waals surface area contributed by atoms with Gasteiger partial charge in [-0.2, -0.15) is 5.10 Å². The van der Waals surface area contributed by atoms with Gasteiger partial charge in [0.2, 0.25) is 5.91 Å². The molecule has 0 radical (unpaired) electrons. The molecule has 1 amide bonds. The number of nitrogens with zero attached hydrogens (tertiary/aromatic N) is 2. The van der Waals surface area contributed by atoms with Crippen molar-refractivity contribution in [1.29, 1.82) is 0 Å². The number of nitrogens with one attached hydrogen (secondary N) is 2. The number of rotatable bonds is 7. The molecule has 1 saturated carbocycles. The summed E-state index contributed by atoms with van der Waals surface area (Å²) in [6.45, 7) is 5.69. The summed E-state index contributed by atoms with van der Waals surface area (Å²) in [7, 11) is 3.44. The fraction of sp³-hybridized carbons (Fsp3) is 0.571. The highest BCUT2D eigenvalue weighted by Crippen LogP contribution is 2.38. The zero-order valence-electron chi connectivity index (χ0n) is 21.4. The van der Waals surface area contributed by atoms with Crippen LogP contribution < -0.4 is 4.90 Å². The van der Waals surface area contributed by atoms with E-state index in [1.807, 2.05) is 4.90 Å². The van der Waals surface area contributed by atoms with Crippen LogP contribution in [0.15, 0.2) is 24.3 Å². The van der Waals surface area contributed by atoms with E-state index in [-0.39, 0.29) is 17.9 Å². The van der Waals surface area contributed by atoms with Gasteiger partial charge < -0.3 is 19.4 Å². The topological polar surface area (TPSA) is 83.2 Å². The van der Waals surface area contributed by atoms with Crippen molar-refractivity contribution >= 4 is 22.5 Å². The third kappa shape index (κ3) is 4.89. The predicted octanol–water partition coefficient (Wildman–Crippen LogP) is 5.26. The van der Waals surface area contributed by atoms with Crippen molar-refractivity contribution in [3.63, 3.8) is 0 Å². The van der Waals surface area contributed by atoms with Gasteiger partial charge in [0.25, 0.3) is 0 Å². The summed E-state index contributed by atoms with van der Waals surface area (Å²) in [4.78, 5) is 19.0. The Kier molecular flexibility index (Phi) is 6.73. The van der Waals surface area contributed by atoms with Gasteiger partial charge >= 0.3 is 0 Å². The van der Waals surface area contributed by atoms with Crippen LogP contribution in [0.4, 0.5) is 5.69 Å². The van der Waals surface area contributed by atoms with E-state index in [1.54, 1.807) is 14.2 Å². The number of hydrogen-bond donors (Lipinski definition) is 2. The van der Waals surface area contributed by atoms with Crippen LogP contribution in [0.2, 0.25) is 0 Å². The largest absolute Gasteiger partial charge is 0.383 e. The maximum absolute atomic E-state index is 13.5. The van der Waals surface area contributed by atoms with E-state index >= 15 is 0 Å². The molecule has 2 aliphatic rings. The summed E-state index contributed by atoms with van der Waals surface area (Å²) < 4.78 is 10.8. The lowest BCUT2D eigenvalue weighted by Crippen LogP contribution is -2.40. The second-order valence-corrected chi connectivity index (χ2v) is 11.0. The summed E-state index contributed by atoms with van der Waals surface area (Å²) >= 11 is 0. The van der Waals surface area contributed by atoms with Crippen molar-refractivity contribution < 1.29 is 14.3 Å². The number of anilines is 1. The van der Waals surface area contributed by atoms with Crippen molar-refractivity contribution in [2.24, 2.45) is 11.3 Å². The number of carbonyl (C=O) groups excluding carboxylic acids is 1. The number of carbonyl (C=O) groups is 1. The van der Waals surface area contributed by atoms with Gasteiger partial charge in [-0.05, 0) is 68.6 Å². The maximum Gasteiger partial charge on any atom is 0.230 e. The van der Waals surface area contributed by atoms with Crippen molar-refractivity contribution in [3.05, 3.63) is 35.5 Å². The van der Waals surface area contributed by atoms with Crippen LogP contribution in [0, 0.1) is 11.3 Å². The molecule has 2 N–H and O–H groups in total. The Morgan fingerprint density at radius 2 is 1.97 bits per heavy atom. The van der Waals surface area contributed by atoms with E-state index < -0.39 is 0 Å². The van der Waals surface area contributed by atoms with Crippen LogP contribution in [0.3, 0.4) is 0 Å². The Bertz CT molecular complexity index is 1190. The fourth-order valence-electron chi connectivity index (χ4n) is 5.80. The zero-order chi connectivity index (χ0) is 24.6. The Balaban J connectivity index is 1.41.